The maximum absolute atomic E-state index is 11.3. The van der Waals surface area contributed by atoms with E-state index in [0.717, 1.165) is 11.9 Å². The van der Waals surface area contributed by atoms with Gasteiger partial charge in [-0.25, -0.2) is 8.42 Å². The summed E-state index contributed by atoms with van der Waals surface area (Å²) in [7, 11) is -3.32. The molecule has 0 radical (unpaired) electrons. The Kier molecular flexibility index (Phi) is 4.19. The summed E-state index contributed by atoms with van der Waals surface area (Å²) < 4.78 is 25.2. The molecule has 106 valence electrons. The quantitative estimate of drug-likeness (QED) is 0.880. The van der Waals surface area contributed by atoms with Gasteiger partial charge in [-0.3, -0.25) is 14.7 Å². The van der Waals surface area contributed by atoms with Crippen LogP contribution in [0.15, 0.2) is 42.9 Å². The number of hydrogen-bond donors (Lipinski definition) is 2. The van der Waals surface area contributed by atoms with Crippen molar-refractivity contribution in [2.45, 2.75) is 13.0 Å². The molecule has 1 unspecified atom stereocenters. The van der Waals surface area contributed by atoms with Gasteiger partial charge in [0.2, 0.25) is 10.0 Å². The lowest BCUT2D eigenvalue weighted by molar-refractivity contribution is 0.607. The molecule has 2 N–H and O–H groups in total. The number of hydrogen-bond acceptors (Lipinski definition) is 5. The number of nitrogens with zero attached hydrogens (tertiary/aromatic N) is 2. The third-order valence-electron chi connectivity index (χ3n) is 2.62. The van der Waals surface area contributed by atoms with Gasteiger partial charge in [-0.2, -0.15) is 0 Å². The molecule has 1 aromatic carbocycles. The topological polar surface area (TPSA) is 84.0 Å². The normalized spacial score (nSPS) is 12.7. The molecular formula is C13H16N4O2S. The Morgan fingerprint density at radius 1 is 1.15 bits per heavy atom. The monoisotopic (exact) mass is 292 g/mol. The third-order valence-corrected chi connectivity index (χ3v) is 3.21. The van der Waals surface area contributed by atoms with Crippen LogP contribution in [-0.4, -0.2) is 24.6 Å². The highest BCUT2D eigenvalue weighted by Crippen LogP contribution is 2.25. The molecular weight excluding hydrogens is 276 g/mol. The van der Waals surface area contributed by atoms with Gasteiger partial charge in [-0.05, 0) is 19.1 Å². The average molecular weight is 292 g/mol. The summed E-state index contributed by atoms with van der Waals surface area (Å²) in [5.74, 6) is 0. The van der Waals surface area contributed by atoms with Gasteiger partial charge in [-0.1, -0.05) is 12.1 Å². The van der Waals surface area contributed by atoms with Crippen molar-refractivity contribution in [3.63, 3.8) is 0 Å². The minimum Gasteiger partial charge on any atom is -0.375 e. The summed E-state index contributed by atoms with van der Waals surface area (Å²) in [5.41, 5.74) is 1.98. The first kappa shape index (κ1) is 14.3. The Hall–Kier alpha value is -2.15. The number of nitrogens with one attached hydrogen (secondary N) is 2. The number of aromatic nitrogens is 2. The fraction of sp³-hybridized carbons (Fsp3) is 0.231. The van der Waals surface area contributed by atoms with E-state index in [-0.39, 0.29) is 6.04 Å². The highest BCUT2D eigenvalue weighted by atomic mass is 32.2. The van der Waals surface area contributed by atoms with Crippen LogP contribution in [0.3, 0.4) is 0 Å². The van der Waals surface area contributed by atoms with Crippen molar-refractivity contribution in [3.8, 4) is 0 Å². The fourth-order valence-electron chi connectivity index (χ4n) is 1.74. The number of para-hydroxylation sites is 2. The zero-order valence-electron chi connectivity index (χ0n) is 11.2. The van der Waals surface area contributed by atoms with Crippen LogP contribution < -0.4 is 10.0 Å². The van der Waals surface area contributed by atoms with Gasteiger partial charge < -0.3 is 5.32 Å². The van der Waals surface area contributed by atoms with Crippen molar-refractivity contribution in [2.75, 3.05) is 16.3 Å². The molecule has 1 heterocycles. The number of rotatable bonds is 5. The highest BCUT2D eigenvalue weighted by Gasteiger charge is 2.11. The van der Waals surface area contributed by atoms with E-state index in [2.05, 4.69) is 20.0 Å². The van der Waals surface area contributed by atoms with Crippen molar-refractivity contribution in [1.82, 2.24) is 9.97 Å². The van der Waals surface area contributed by atoms with Gasteiger partial charge in [0.1, 0.15) is 0 Å². The largest absolute Gasteiger partial charge is 0.375 e. The van der Waals surface area contributed by atoms with E-state index in [1.165, 1.54) is 0 Å². The average Bonchev–Trinajstić information content (AvgIpc) is 2.40. The van der Waals surface area contributed by atoms with Gasteiger partial charge in [0.25, 0.3) is 0 Å². The number of anilines is 2. The zero-order valence-corrected chi connectivity index (χ0v) is 12.1. The maximum Gasteiger partial charge on any atom is 0.229 e. The summed E-state index contributed by atoms with van der Waals surface area (Å²) in [6, 6.07) is 7.02. The molecule has 0 saturated heterocycles. The standard InChI is InChI=1S/C13H16N4O2S/c1-10(13-9-14-7-8-15-13)16-11-5-3-4-6-12(11)17-20(2,18)19/h3-10,16-17H,1-2H3. The molecule has 0 spiro atoms. The molecule has 2 aromatic rings. The Bertz CT molecular complexity index is 674. The molecule has 0 aliphatic carbocycles. The molecule has 0 saturated carbocycles. The first-order valence-electron chi connectivity index (χ1n) is 6.05. The van der Waals surface area contributed by atoms with E-state index in [1.807, 2.05) is 13.0 Å². The summed E-state index contributed by atoms with van der Waals surface area (Å²) in [4.78, 5) is 8.23. The predicted molar refractivity (Wildman–Crippen MR) is 79.0 cm³/mol. The lowest BCUT2D eigenvalue weighted by Gasteiger charge is -2.17. The molecule has 7 heteroatoms. The van der Waals surface area contributed by atoms with E-state index in [9.17, 15) is 8.42 Å². The molecule has 0 amide bonds. The zero-order chi connectivity index (χ0) is 14.6. The van der Waals surface area contributed by atoms with Crippen LogP contribution >= 0.6 is 0 Å². The van der Waals surface area contributed by atoms with Crippen LogP contribution in [0.1, 0.15) is 18.7 Å². The molecule has 20 heavy (non-hydrogen) atoms. The van der Waals surface area contributed by atoms with Crippen molar-refractivity contribution in [3.05, 3.63) is 48.5 Å². The maximum atomic E-state index is 11.3. The SMILES string of the molecule is CC(Nc1ccccc1NS(C)(=O)=O)c1cnccn1. The smallest absolute Gasteiger partial charge is 0.229 e. The Balaban J connectivity index is 2.21. The van der Waals surface area contributed by atoms with Crippen LogP contribution in [0, 0.1) is 0 Å². The molecule has 1 aromatic heterocycles. The van der Waals surface area contributed by atoms with Crippen LogP contribution in [0.4, 0.5) is 11.4 Å². The Morgan fingerprint density at radius 3 is 2.45 bits per heavy atom. The fourth-order valence-corrected chi connectivity index (χ4v) is 2.32. The van der Waals surface area contributed by atoms with E-state index in [4.69, 9.17) is 0 Å². The van der Waals surface area contributed by atoms with Crippen molar-refractivity contribution < 1.29 is 8.42 Å². The summed E-state index contributed by atoms with van der Waals surface area (Å²) >= 11 is 0. The van der Waals surface area contributed by atoms with Crippen LogP contribution in [0.2, 0.25) is 0 Å². The molecule has 2 rings (SSSR count). The second-order valence-corrected chi connectivity index (χ2v) is 6.16. The Morgan fingerprint density at radius 2 is 1.85 bits per heavy atom. The summed E-state index contributed by atoms with van der Waals surface area (Å²) in [6.07, 6.45) is 6.02. The summed E-state index contributed by atoms with van der Waals surface area (Å²) in [6.45, 7) is 1.93. The highest BCUT2D eigenvalue weighted by molar-refractivity contribution is 7.92. The molecule has 6 nitrogen and oxygen atoms in total. The van der Waals surface area contributed by atoms with Crippen LogP contribution in [0.25, 0.3) is 0 Å². The van der Waals surface area contributed by atoms with E-state index >= 15 is 0 Å². The van der Waals surface area contributed by atoms with E-state index in [1.54, 1.807) is 36.8 Å². The lowest BCUT2D eigenvalue weighted by atomic mass is 10.2. The minimum atomic E-state index is -3.32. The van der Waals surface area contributed by atoms with Crippen molar-refractivity contribution in [1.29, 1.82) is 0 Å². The molecule has 0 aliphatic rings. The van der Waals surface area contributed by atoms with Gasteiger partial charge >= 0.3 is 0 Å². The third kappa shape index (κ3) is 3.92. The van der Waals surface area contributed by atoms with Gasteiger partial charge in [0.15, 0.2) is 0 Å². The molecule has 1 atom stereocenters. The predicted octanol–water partition coefficient (Wildman–Crippen LogP) is 2.02. The van der Waals surface area contributed by atoms with E-state index in [0.29, 0.717) is 11.4 Å². The van der Waals surface area contributed by atoms with Gasteiger partial charge in [0.05, 0.1) is 35.6 Å². The van der Waals surface area contributed by atoms with Crippen LogP contribution in [-0.2, 0) is 10.0 Å². The van der Waals surface area contributed by atoms with Crippen molar-refractivity contribution in [2.24, 2.45) is 0 Å². The first-order valence-corrected chi connectivity index (χ1v) is 7.94. The second-order valence-electron chi connectivity index (χ2n) is 4.42. The molecule has 0 aliphatic heterocycles. The molecule has 0 bridgehead atoms. The van der Waals surface area contributed by atoms with Gasteiger partial charge in [-0.15, -0.1) is 0 Å². The first-order chi connectivity index (χ1) is 9.46. The van der Waals surface area contributed by atoms with E-state index < -0.39 is 10.0 Å². The van der Waals surface area contributed by atoms with Crippen molar-refractivity contribution >= 4 is 21.4 Å². The summed E-state index contributed by atoms with van der Waals surface area (Å²) in [5, 5.41) is 3.22. The van der Waals surface area contributed by atoms with Gasteiger partial charge in [0, 0.05) is 12.4 Å². The Labute approximate surface area is 118 Å². The second kappa shape index (κ2) is 5.87. The number of sulfonamides is 1. The molecule has 0 fully saturated rings. The van der Waals surface area contributed by atoms with Crippen LogP contribution in [0.5, 0.6) is 0 Å². The minimum absolute atomic E-state index is 0.0915. The lowest BCUT2D eigenvalue weighted by Crippen LogP contribution is -2.14. The number of benzene rings is 1.